The normalized spacial score (nSPS) is 10.1. The Morgan fingerprint density at radius 1 is 0.938 bits per heavy atom. The van der Waals surface area contributed by atoms with Crippen molar-refractivity contribution in [2.24, 2.45) is 0 Å². The summed E-state index contributed by atoms with van der Waals surface area (Å²) in [5.41, 5.74) is 0. The van der Waals surface area contributed by atoms with Gasteiger partial charge in [-0.15, -0.1) is 0 Å². The van der Waals surface area contributed by atoms with E-state index in [1.54, 1.807) is 6.92 Å². The monoisotopic (exact) mass is 228 g/mol. The Bertz CT molecular complexity index is 199. The van der Waals surface area contributed by atoms with Gasteiger partial charge in [0.25, 0.3) is 0 Å². The summed E-state index contributed by atoms with van der Waals surface area (Å²) in [6.45, 7) is 4.16. The van der Waals surface area contributed by atoms with Crippen LogP contribution in [0.3, 0.4) is 0 Å². The van der Waals surface area contributed by atoms with Crippen molar-refractivity contribution >= 4 is 11.8 Å². The van der Waals surface area contributed by atoms with Gasteiger partial charge >= 0.3 is 5.97 Å². The highest BCUT2D eigenvalue weighted by atomic mass is 16.5. The van der Waals surface area contributed by atoms with E-state index in [2.05, 4.69) is 0 Å². The summed E-state index contributed by atoms with van der Waals surface area (Å²) in [6.07, 6.45) is 7.25. The number of hydrogen-bond donors (Lipinski definition) is 0. The summed E-state index contributed by atoms with van der Waals surface area (Å²) in [6, 6.07) is 0. The SMILES string of the molecule is CCCOC(=O)CCCCCCCC(C)=O. The van der Waals surface area contributed by atoms with Gasteiger partial charge in [0.2, 0.25) is 0 Å². The van der Waals surface area contributed by atoms with Gasteiger partial charge in [0, 0.05) is 12.8 Å². The molecule has 0 aliphatic rings. The fraction of sp³-hybridized carbons (Fsp3) is 0.846. The van der Waals surface area contributed by atoms with E-state index in [9.17, 15) is 9.59 Å². The molecular weight excluding hydrogens is 204 g/mol. The van der Waals surface area contributed by atoms with Crippen molar-refractivity contribution in [1.82, 2.24) is 0 Å². The van der Waals surface area contributed by atoms with Crippen LogP contribution in [-0.4, -0.2) is 18.4 Å². The second kappa shape index (κ2) is 10.7. The highest BCUT2D eigenvalue weighted by Crippen LogP contribution is 2.08. The third kappa shape index (κ3) is 11.2. The van der Waals surface area contributed by atoms with Crippen LogP contribution in [0.15, 0.2) is 0 Å². The van der Waals surface area contributed by atoms with Gasteiger partial charge in [-0.3, -0.25) is 4.79 Å². The molecule has 0 bridgehead atoms. The van der Waals surface area contributed by atoms with Crippen molar-refractivity contribution in [1.29, 1.82) is 0 Å². The van der Waals surface area contributed by atoms with Crippen LogP contribution in [0.2, 0.25) is 0 Å². The van der Waals surface area contributed by atoms with E-state index in [-0.39, 0.29) is 11.8 Å². The third-order valence-electron chi connectivity index (χ3n) is 2.38. The van der Waals surface area contributed by atoms with Crippen LogP contribution in [0.5, 0.6) is 0 Å². The Morgan fingerprint density at radius 3 is 2.06 bits per heavy atom. The molecule has 0 aliphatic heterocycles. The number of Topliss-reactive ketones (excluding diaryl/α,β-unsaturated/α-hetero) is 1. The fourth-order valence-corrected chi connectivity index (χ4v) is 1.46. The highest BCUT2D eigenvalue weighted by Gasteiger charge is 2.01. The number of rotatable bonds is 10. The zero-order valence-corrected chi connectivity index (χ0v) is 10.6. The maximum Gasteiger partial charge on any atom is 0.305 e. The number of hydrogen-bond acceptors (Lipinski definition) is 3. The Hall–Kier alpha value is -0.860. The standard InChI is InChI=1S/C13H24O3/c1-3-11-16-13(15)10-8-6-4-5-7-9-12(2)14/h3-11H2,1-2H3. The second-order valence-corrected chi connectivity index (χ2v) is 4.19. The summed E-state index contributed by atoms with van der Waals surface area (Å²) in [4.78, 5) is 21.8. The topological polar surface area (TPSA) is 43.4 Å². The predicted molar refractivity (Wildman–Crippen MR) is 64.3 cm³/mol. The lowest BCUT2D eigenvalue weighted by Gasteiger charge is -2.02. The van der Waals surface area contributed by atoms with E-state index in [0.717, 1.165) is 38.5 Å². The molecule has 0 aromatic rings. The first-order chi connectivity index (χ1) is 7.66. The summed E-state index contributed by atoms with van der Waals surface area (Å²) in [5, 5.41) is 0. The van der Waals surface area contributed by atoms with Crippen molar-refractivity contribution < 1.29 is 14.3 Å². The number of ketones is 1. The molecule has 0 aliphatic carbocycles. The lowest BCUT2D eigenvalue weighted by molar-refractivity contribution is -0.143. The maximum atomic E-state index is 11.1. The molecule has 3 nitrogen and oxygen atoms in total. The molecule has 0 saturated heterocycles. The molecule has 3 heteroatoms. The van der Waals surface area contributed by atoms with Crippen LogP contribution in [-0.2, 0) is 14.3 Å². The minimum atomic E-state index is -0.0782. The predicted octanol–water partition coefficient (Wildman–Crippen LogP) is 3.26. The number of carbonyl (C=O) groups is 2. The molecule has 0 atom stereocenters. The summed E-state index contributed by atoms with van der Waals surface area (Å²) < 4.78 is 4.97. The Labute approximate surface area is 98.6 Å². The highest BCUT2D eigenvalue weighted by molar-refractivity contribution is 5.75. The zero-order valence-electron chi connectivity index (χ0n) is 10.6. The van der Waals surface area contributed by atoms with Crippen molar-refractivity contribution in [3.05, 3.63) is 0 Å². The first kappa shape index (κ1) is 15.1. The minimum Gasteiger partial charge on any atom is -0.466 e. The van der Waals surface area contributed by atoms with Gasteiger partial charge in [-0.2, -0.15) is 0 Å². The Kier molecular flexibility index (Phi) is 10.1. The molecule has 0 amide bonds. The quantitative estimate of drug-likeness (QED) is 0.426. The van der Waals surface area contributed by atoms with Crippen molar-refractivity contribution in [2.75, 3.05) is 6.61 Å². The van der Waals surface area contributed by atoms with Gasteiger partial charge in [0.05, 0.1) is 6.61 Å². The largest absolute Gasteiger partial charge is 0.466 e. The Morgan fingerprint density at radius 2 is 1.50 bits per heavy atom. The second-order valence-electron chi connectivity index (χ2n) is 4.19. The van der Waals surface area contributed by atoms with Gasteiger partial charge in [0.15, 0.2) is 0 Å². The average molecular weight is 228 g/mol. The smallest absolute Gasteiger partial charge is 0.305 e. The summed E-state index contributed by atoms with van der Waals surface area (Å²) >= 11 is 0. The lowest BCUT2D eigenvalue weighted by atomic mass is 10.1. The molecule has 0 spiro atoms. The molecule has 0 saturated carbocycles. The van der Waals surface area contributed by atoms with E-state index in [4.69, 9.17) is 4.74 Å². The molecule has 0 radical (unpaired) electrons. The van der Waals surface area contributed by atoms with Crippen LogP contribution in [0.25, 0.3) is 0 Å². The first-order valence-electron chi connectivity index (χ1n) is 6.32. The number of unbranched alkanes of at least 4 members (excludes halogenated alkanes) is 4. The maximum absolute atomic E-state index is 11.1. The molecule has 0 rings (SSSR count). The van der Waals surface area contributed by atoms with Gasteiger partial charge in [-0.25, -0.2) is 0 Å². The van der Waals surface area contributed by atoms with Crippen molar-refractivity contribution in [3.8, 4) is 0 Å². The number of ether oxygens (including phenoxy) is 1. The van der Waals surface area contributed by atoms with Gasteiger partial charge in [-0.1, -0.05) is 26.2 Å². The average Bonchev–Trinajstić information content (AvgIpc) is 2.24. The molecule has 0 heterocycles. The van der Waals surface area contributed by atoms with E-state index >= 15 is 0 Å². The molecule has 0 aromatic carbocycles. The molecule has 0 N–H and O–H groups in total. The molecule has 0 unspecified atom stereocenters. The van der Waals surface area contributed by atoms with Gasteiger partial charge < -0.3 is 9.53 Å². The molecule has 0 aromatic heterocycles. The summed E-state index contributed by atoms with van der Waals surface area (Å²) in [7, 11) is 0. The number of carbonyl (C=O) groups excluding carboxylic acids is 2. The van der Waals surface area contributed by atoms with E-state index in [1.807, 2.05) is 6.92 Å². The first-order valence-corrected chi connectivity index (χ1v) is 6.32. The van der Waals surface area contributed by atoms with Crippen LogP contribution >= 0.6 is 0 Å². The summed E-state index contributed by atoms with van der Waals surface area (Å²) in [5.74, 6) is 0.189. The minimum absolute atomic E-state index is 0.0782. The van der Waals surface area contributed by atoms with Gasteiger partial charge in [0.1, 0.15) is 5.78 Å². The Balaban J connectivity index is 3.14. The van der Waals surface area contributed by atoms with Crippen molar-refractivity contribution in [3.63, 3.8) is 0 Å². The van der Waals surface area contributed by atoms with E-state index in [1.165, 1.54) is 0 Å². The van der Waals surface area contributed by atoms with E-state index < -0.39 is 0 Å². The molecule has 16 heavy (non-hydrogen) atoms. The van der Waals surface area contributed by atoms with Gasteiger partial charge in [-0.05, 0) is 26.2 Å². The fourth-order valence-electron chi connectivity index (χ4n) is 1.46. The van der Waals surface area contributed by atoms with Crippen LogP contribution in [0.4, 0.5) is 0 Å². The molecule has 0 fully saturated rings. The third-order valence-corrected chi connectivity index (χ3v) is 2.38. The molecule has 94 valence electrons. The van der Waals surface area contributed by atoms with Crippen LogP contribution in [0, 0.1) is 0 Å². The van der Waals surface area contributed by atoms with Crippen LogP contribution in [0.1, 0.15) is 65.2 Å². The van der Waals surface area contributed by atoms with E-state index in [0.29, 0.717) is 19.4 Å². The van der Waals surface area contributed by atoms with Crippen molar-refractivity contribution in [2.45, 2.75) is 65.2 Å². The van der Waals surface area contributed by atoms with Crippen LogP contribution < -0.4 is 0 Å². The lowest BCUT2D eigenvalue weighted by Crippen LogP contribution is -2.04. The number of esters is 1. The molecular formula is C13H24O3. The zero-order chi connectivity index (χ0) is 12.2.